The summed E-state index contributed by atoms with van der Waals surface area (Å²) in [6, 6.07) is -0.902. The number of likely N-dealkylation sites (N-methyl/N-ethyl adjacent to an activating group) is 1. The van der Waals surface area contributed by atoms with E-state index in [2.05, 4.69) is 5.32 Å². The molecule has 114 valence electrons. The fourth-order valence-electron chi connectivity index (χ4n) is 2.33. The van der Waals surface area contributed by atoms with Crippen molar-refractivity contribution in [1.29, 1.82) is 0 Å². The fraction of sp³-hybridized carbons (Fsp3) is 0.750. The van der Waals surface area contributed by atoms with Crippen LogP contribution in [0, 0.1) is 5.92 Å². The summed E-state index contributed by atoms with van der Waals surface area (Å²) in [6.45, 7) is 1.18. The van der Waals surface area contributed by atoms with Crippen LogP contribution in [0.25, 0.3) is 0 Å². The van der Waals surface area contributed by atoms with Crippen molar-refractivity contribution in [3.63, 3.8) is 0 Å². The number of carboxylic acid groups (broad SMARTS) is 3. The fourth-order valence-corrected chi connectivity index (χ4v) is 2.33. The Bertz CT molecular complexity index is 366. The van der Waals surface area contributed by atoms with Crippen LogP contribution in [0.1, 0.15) is 19.3 Å². The van der Waals surface area contributed by atoms with E-state index in [0.29, 0.717) is 0 Å². The number of carbonyl (C=O) groups is 3. The van der Waals surface area contributed by atoms with E-state index in [9.17, 15) is 14.4 Å². The van der Waals surface area contributed by atoms with Crippen molar-refractivity contribution in [3.8, 4) is 0 Å². The molecule has 0 aromatic rings. The lowest BCUT2D eigenvalue weighted by Gasteiger charge is -2.13. The van der Waals surface area contributed by atoms with Gasteiger partial charge in [0.05, 0.1) is 5.92 Å². The molecule has 2 rings (SSSR count). The van der Waals surface area contributed by atoms with Gasteiger partial charge in [0.15, 0.2) is 0 Å². The third kappa shape index (κ3) is 4.46. The van der Waals surface area contributed by atoms with Crippen molar-refractivity contribution in [1.82, 2.24) is 10.2 Å². The molecule has 8 heteroatoms. The maximum atomic E-state index is 10.4. The van der Waals surface area contributed by atoms with E-state index < -0.39 is 29.9 Å². The van der Waals surface area contributed by atoms with E-state index in [-0.39, 0.29) is 19.0 Å². The van der Waals surface area contributed by atoms with Gasteiger partial charge in [0, 0.05) is 6.54 Å². The van der Waals surface area contributed by atoms with Crippen molar-refractivity contribution >= 4 is 17.9 Å². The molecule has 4 N–H and O–H groups in total. The van der Waals surface area contributed by atoms with Crippen molar-refractivity contribution in [2.24, 2.45) is 5.92 Å². The smallest absolute Gasteiger partial charge is 0.320 e. The lowest BCUT2D eigenvalue weighted by Crippen LogP contribution is -2.32. The molecular weight excluding hydrogens is 268 g/mol. The second kappa shape index (κ2) is 7.20. The molecular formula is C12H20N2O6. The van der Waals surface area contributed by atoms with E-state index in [4.69, 9.17) is 15.3 Å². The third-order valence-electron chi connectivity index (χ3n) is 3.58. The first-order valence-corrected chi connectivity index (χ1v) is 6.45. The van der Waals surface area contributed by atoms with Crippen LogP contribution in [0.3, 0.4) is 0 Å². The Hall–Kier alpha value is -1.67. The first kappa shape index (κ1) is 16.4. The van der Waals surface area contributed by atoms with Gasteiger partial charge in [-0.15, -0.1) is 0 Å². The minimum absolute atomic E-state index is 0.185. The average Bonchev–Trinajstić information content (AvgIpc) is 2.97. The molecule has 0 bridgehead atoms. The SMILES string of the molecule is CN1CCC[C@H]1C(=O)O.O=C(O)C1CN[C@H](C(=O)O)C1. The number of carboxylic acids is 3. The molecule has 2 aliphatic heterocycles. The number of rotatable bonds is 3. The van der Waals surface area contributed by atoms with Gasteiger partial charge >= 0.3 is 17.9 Å². The lowest BCUT2D eigenvalue weighted by atomic mass is 10.1. The molecule has 20 heavy (non-hydrogen) atoms. The molecule has 8 nitrogen and oxygen atoms in total. The molecule has 2 heterocycles. The average molecular weight is 288 g/mol. The molecule has 0 aliphatic carbocycles. The first-order valence-electron chi connectivity index (χ1n) is 6.45. The number of hydrogen-bond donors (Lipinski definition) is 4. The van der Waals surface area contributed by atoms with Gasteiger partial charge in [-0.2, -0.15) is 0 Å². The minimum Gasteiger partial charge on any atom is -0.481 e. The maximum Gasteiger partial charge on any atom is 0.320 e. The summed E-state index contributed by atoms with van der Waals surface area (Å²) in [5, 5.41) is 28.1. The zero-order chi connectivity index (χ0) is 15.3. The zero-order valence-corrected chi connectivity index (χ0v) is 11.3. The van der Waals surface area contributed by atoms with Crippen molar-refractivity contribution in [2.45, 2.75) is 31.3 Å². The Labute approximate surface area is 116 Å². The number of nitrogens with one attached hydrogen (secondary N) is 1. The number of nitrogens with zero attached hydrogens (tertiary/aromatic N) is 1. The normalized spacial score (nSPS) is 29.6. The summed E-state index contributed by atoms with van der Waals surface area (Å²) >= 11 is 0. The molecule has 0 amide bonds. The van der Waals surface area contributed by atoms with E-state index in [1.54, 1.807) is 0 Å². The zero-order valence-electron chi connectivity index (χ0n) is 11.3. The highest BCUT2D eigenvalue weighted by atomic mass is 16.4. The van der Waals surface area contributed by atoms with Gasteiger partial charge in [-0.1, -0.05) is 0 Å². The molecule has 2 aliphatic rings. The minimum atomic E-state index is -0.978. The van der Waals surface area contributed by atoms with Crippen LogP contribution in [-0.2, 0) is 14.4 Å². The predicted molar refractivity (Wildman–Crippen MR) is 68.5 cm³/mol. The molecule has 0 aromatic heterocycles. The van der Waals surface area contributed by atoms with Gasteiger partial charge in [0.25, 0.3) is 0 Å². The molecule has 0 aromatic carbocycles. The summed E-state index contributed by atoms with van der Waals surface area (Å²) in [6.07, 6.45) is 2.02. The molecule has 3 atom stereocenters. The van der Waals surface area contributed by atoms with Gasteiger partial charge in [-0.3, -0.25) is 19.3 Å². The van der Waals surface area contributed by atoms with Crippen LogP contribution in [0.2, 0.25) is 0 Å². The van der Waals surface area contributed by atoms with Crippen LogP contribution in [-0.4, -0.2) is 70.3 Å². The lowest BCUT2D eigenvalue weighted by molar-refractivity contribution is -0.142. The molecule has 1 unspecified atom stereocenters. The topological polar surface area (TPSA) is 127 Å². The largest absolute Gasteiger partial charge is 0.481 e. The van der Waals surface area contributed by atoms with Crippen LogP contribution in [0.4, 0.5) is 0 Å². The van der Waals surface area contributed by atoms with E-state index in [1.165, 1.54) is 0 Å². The van der Waals surface area contributed by atoms with Crippen LogP contribution < -0.4 is 5.32 Å². The van der Waals surface area contributed by atoms with Crippen LogP contribution in [0.5, 0.6) is 0 Å². The van der Waals surface area contributed by atoms with Gasteiger partial charge in [0.1, 0.15) is 12.1 Å². The Morgan fingerprint density at radius 2 is 1.75 bits per heavy atom. The van der Waals surface area contributed by atoms with Crippen LogP contribution in [0.15, 0.2) is 0 Å². The van der Waals surface area contributed by atoms with Crippen LogP contribution >= 0.6 is 0 Å². The van der Waals surface area contributed by atoms with Crippen molar-refractivity contribution in [3.05, 3.63) is 0 Å². The highest BCUT2D eigenvalue weighted by Gasteiger charge is 2.33. The first-order chi connectivity index (χ1) is 9.32. The highest BCUT2D eigenvalue weighted by Crippen LogP contribution is 2.14. The third-order valence-corrected chi connectivity index (χ3v) is 3.58. The van der Waals surface area contributed by atoms with E-state index >= 15 is 0 Å². The Morgan fingerprint density at radius 1 is 1.10 bits per heavy atom. The van der Waals surface area contributed by atoms with Gasteiger partial charge < -0.3 is 20.6 Å². The standard InChI is InChI=1S/C6H9NO4.C6H11NO2/c8-5(9)3-1-4(6(10)11)7-2-3;1-7-4-2-3-5(7)6(8)9/h3-4,7H,1-2H2,(H,8,9)(H,10,11);5H,2-4H2,1H3,(H,8,9)/t3?,4-;5-/m00/s1. The van der Waals surface area contributed by atoms with Crippen molar-refractivity contribution < 1.29 is 29.7 Å². The predicted octanol–water partition coefficient (Wildman–Crippen LogP) is -0.701. The molecule has 0 saturated carbocycles. The highest BCUT2D eigenvalue weighted by molar-refractivity contribution is 5.77. The summed E-state index contributed by atoms with van der Waals surface area (Å²) in [5.41, 5.74) is 0. The summed E-state index contributed by atoms with van der Waals surface area (Å²) in [4.78, 5) is 32.9. The number of likely N-dealkylation sites (tertiary alicyclic amines) is 1. The molecule has 2 saturated heterocycles. The number of aliphatic carboxylic acids is 3. The molecule has 0 radical (unpaired) electrons. The summed E-state index contributed by atoms with van der Waals surface area (Å²) < 4.78 is 0. The monoisotopic (exact) mass is 288 g/mol. The summed E-state index contributed by atoms with van der Waals surface area (Å²) in [7, 11) is 1.85. The quantitative estimate of drug-likeness (QED) is 0.537. The second-order valence-electron chi connectivity index (χ2n) is 5.05. The van der Waals surface area contributed by atoms with Gasteiger partial charge in [-0.05, 0) is 32.9 Å². The molecule has 0 spiro atoms. The van der Waals surface area contributed by atoms with E-state index in [0.717, 1.165) is 19.4 Å². The van der Waals surface area contributed by atoms with Crippen molar-refractivity contribution in [2.75, 3.05) is 20.1 Å². The van der Waals surface area contributed by atoms with E-state index in [1.807, 2.05) is 11.9 Å². The summed E-state index contributed by atoms with van der Waals surface area (Å²) in [5.74, 6) is -3.14. The Morgan fingerprint density at radius 3 is 2.00 bits per heavy atom. The second-order valence-corrected chi connectivity index (χ2v) is 5.05. The van der Waals surface area contributed by atoms with Gasteiger partial charge in [0.2, 0.25) is 0 Å². The number of hydrogen-bond acceptors (Lipinski definition) is 5. The maximum absolute atomic E-state index is 10.4. The molecule has 2 fully saturated rings. The Kier molecular flexibility index (Phi) is 5.90. The Balaban J connectivity index is 0.000000204. The van der Waals surface area contributed by atoms with Gasteiger partial charge in [-0.25, -0.2) is 0 Å².